The number of anilines is 2. The Bertz CT molecular complexity index is 727. The Labute approximate surface area is 113 Å². The Balaban J connectivity index is 2.66. The van der Waals surface area contributed by atoms with Gasteiger partial charge in [-0.2, -0.15) is 13.2 Å². The Kier molecular flexibility index (Phi) is 3.29. The number of hydrogen-bond acceptors (Lipinski definition) is 5. The first-order valence-electron chi connectivity index (χ1n) is 4.97. The summed E-state index contributed by atoms with van der Waals surface area (Å²) in [7, 11) is -7.39. The van der Waals surface area contributed by atoms with E-state index in [1.807, 2.05) is 0 Å². The largest absolute Gasteiger partial charge is 0.475 e. The lowest BCUT2D eigenvalue weighted by Crippen LogP contribution is -2.30. The van der Waals surface area contributed by atoms with Gasteiger partial charge in [-0.15, -0.1) is 0 Å². The highest BCUT2D eigenvalue weighted by Gasteiger charge is 2.40. The van der Waals surface area contributed by atoms with Crippen molar-refractivity contribution >= 4 is 37.9 Å². The van der Waals surface area contributed by atoms with Crippen LogP contribution < -0.4 is 11.1 Å². The molecule has 0 saturated carbocycles. The third kappa shape index (κ3) is 2.50. The van der Waals surface area contributed by atoms with E-state index in [0.717, 1.165) is 0 Å². The number of nitrogen functional groups attached to an aromatic ring is 1. The molecule has 2 rings (SSSR count). The topological polar surface area (TPSA) is 106 Å². The highest BCUT2D eigenvalue weighted by Crippen LogP contribution is 2.36. The molecule has 1 aromatic carbocycles. The maximum atomic E-state index is 12.4. The predicted octanol–water partition coefficient (Wildman–Crippen LogP) is 0.622. The van der Waals surface area contributed by atoms with Crippen LogP contribution in [0.5, 0.6) is 0 Å². The molecule has 0 bridgehead atoms. The van der Waals surface area contributed by atoms with Crippen molar-refractivity contribution in [2.24, 2.45) is 0 Å². The number of nitrogens with two attached hydrogens (primary N) is 1. The van der Waals surface area contributed by atoms with Gasteiger partial charge >= 0.3 is 5.51 Å². The van der Waals surface area contributed by atoms with Gasteiger partial charge in [0.05, 0.1) is 16.3 Å². The van der Waals surface area contributed by atoms with Gasteiger partial charge in [-0.05, 0) is 12.1 Å². The molecule has 1 aliphatic heterocycles. The molecule has 110 valence electrons. The maximum absolute atomic E-state index is 12.4. The lowest BCUT2D eigenvalue weighted by Gasteiger charge is -2.20. The minimum absolute atomic E-state index is 0.395. The molecular formula is C9H7F3N2O4S2. The van der Waals surface area contributed by atoms with E-state index in [1.54, 1.807) is 0 Å². The smallest absolute Gasteiger partial charge is 0.398 e. The minimum atomic E-state index is -5.02. The first-order valence-corrected chi connectivity index (χ1v) is 7.77. The quantitative estimate of drug-likeness (QED) is 0.735. The van der Waals surface area contributed by atoms with Crippen molar-refractivity contribution < 1.29 is 30.6 Å². The summed E-state index contributed by atoms with van der Waals surface area (Å²) in [6, 6.07) is 1.38. The number of hydrogen-bond donors (Lipinski definition) is 2. The molecule has 0 spiro atoms. The van der Waals surface area contributed by atoms with Gasteiger partial charge in [0, 0.05) is 0 Å². The van der Waals surface area contributed by atoms with E-state index in [2.05, 4.69) is 5.32 Å². The van der Waals surface area contributed by atoms with Gasteiger partial charge in [-0.25, -0.2) is 12.6 Å². The lowest BCUT2D eigenvalue weighted by molar-refractivity contribution is -0.114. The zero-order valence-electron chi connectivity index (χ0n) is 9.52. The SMILES string of the molecule is Nc1cc(S(=O)C(F)(F)F)cc2c1S(=O)(=O)CC(=O)N2. The summed E-state index contributed by atoms with van der Waals surface area (Å²) in [4.78, 5) is 10.0. The molecule has 0 aliphatic carbocycles. The zero-order chi connectivity index (χ0) is 15.3. The molecule has 0 radical (unpaired) electrons. The molecular weight excluding hydrogens is 321 g/mol. The van der Waals surface area contributed by atoms with Crippen molar-refractivity contribution in [3.8, 4) is 0 Å². The molecule has 0 saturated heterocycles. The van der Waals surface area contributed by atoms with Crippen LogP contribution in [0.1, 0.15) is 0 Å². The van der Waals surface area contributed by atoms with Crippen LogP contribution in [0.2, 0.25) is 0 Å². The molecule has 1 amide bonds. The first-order chi connectivity index (χ1) is 9.02. The van der Waals surface area contributed by atoms with Gasteiger partial charge in [0.15, 0.2) is 20.6 Å². The number of nitrogens with one attached hydrogen (secondary N) is 1. The number of alkyl halides is 3. The highest BCUT2D eigenvalue weighted by molar-refractivity contribution is 7.92. The van der Waals surface area contributed by atoms with Crippen molar-refractivity contribution in [3.05, 3.63) is 12.1 Å². The number of fused-ring (bicyclic) bond motifs is 1. The van der Waals surface area contributed by atoms with Gasteiger partial charge in [-0.1, -0.05) is 0 Å². The van der Waals surface area contributed by atoms with Crippen LogP contribution in [0.4, 0.5) is 24.5 Å². The van der Waals surface area contributed by atoms with E-state index in [-0.39, 0.29) is 0 Å². The highest BCUT2D eigenvalue weighted by atomic mass is 32.2. The summed E-state index contributed by atoms with van der Waals surface area (Å²) in [5.74, 6) is -1.74. The summed E-state index contributed by atoms with van der Waals surface area (Å²) >= 11 is 0. The number of carbonyl (C=O) groups excluding carboxylic acids is 1. The minimum Gasteiger partial charge on any atom is -0.398 e. The fourth-order valence-electron chi connectivity index (χ4n) is 1.74. The molecule has 6 nitrogen and oxygen atoms in total. The van der Waals surface area contributed by atoms with Crippen molar-refractivity contribution in [2.75, 3.05) is 16.8 Å². The second-order valence-corrected chi connectivity index (χ2v) is 7.31. The molecule has 3 N–H and O–H groups in total. The van der Waals surface area contributed by atoms with Crippen LogP contribution in [0.25, 0.3) is 0 Å². The summed E-state index contributed by atoms with van der Waals surface area (Å²) in [5, 5.41) is 2.10. The normalized spacial score (nSPS) is 19.1. The third-order valence-corrected chi connectivity index (χ3v) is 5.23. The van der Waals surface area contributed by atoms with E-state index >= 15 is 0 Å². The van der Waals surface area contributed by atoms with E-state index in [0.29, 0.717) is 12.1 Å². The molecule has 1 aliphatic rings. The Morgan fingerprint density at radius 2 is 1.90 bits per heavy atom. The van der Waals surface area contributed by atoms with Gasteiger partial charge in [-0.3, -0.25) is 4.79 Å². The summed E-state index contributed by atoms with van der Waals surface area (Å²) in [6.45, 7) is 0. The standard InChI is InChI=1S/C9H7F3N2O4S2/c10-9(11,12)19(16)4-1-5(13)8-6(2-4)14-7(15)3-20(8,17)18/h1-2H,3,13H2,(H,14,15). The zero-order valence-corrected chi connectivity index (χ0v) is 11.2. The number of rotatable bonds is 1. The second-order valence-electron chi connectivity index (χ2n) is 3.91. The summed E-state index contributed by atoms with van der Waals surface area (Å²) < 4.78 is 71.8. The molecule has 1 heterocycles. The van der Waals surface area contributed by atoms with Crippen molar-refractivity contribution in [2.45, 2.75) is 15.3 Å². The van der Waals surface area contributed by atoms with Crippen LogP contribution in [-0.4, -0.2) is 29.8 Å². The Morgan fingerprint density at radius 1 is 1.30 bits per heavy atom. The van der Waals surface area contributed by atoms with E-state index < -0.39 is 59.0 Å². The maximum Gasteiger partial charge on any atom is 0.475 e. The van der Waals surface area contributed by atoms with Crippen LogP contribution in [0, 0.1) is 0 Å². The molecule has 1 atom stereocenters. The lowest BCUT2D eigenvalue weighted by atomic mass is 10.2. The van der Waals surface area contributed by atoms with Crippen molar-refractivity contribution in [3.63, 3.8) is 0 Å². The third-order valence-electron chi connectivity index (χ3n) is 2.42. The predicted molar refractivity (Wildman–Crippen MR) is 64.0 cm³/mol. The second kappa shape index (κ2) is 4.45. The van der Waals surface area contributed by atoms with E-state index in [1.165, 1.54) is 0 Å². The van der Waals surface area contributed by atoms with Crippen LogP contribution in [-0.2, 0) is 25.4 Å². The van der Waals surface area contributed by atoms with Crippen molar-refractivity contribution in [1.29, 1.82) is 0 Å². The number of carbonyl (C=O) groups is 1. The average Bonchev–Trinajstić information content (AvgIpc) is 2.23. The molecule has 0 aromatic heterocycles. The van der Waals surface area contributed by atoms with Crippen molar-refractivity contribution in [1.82, 2.24) is 0 Å². The summed E-state index contributed by atoms with van der Waals surface area (Å²) in [5.41, 5.74) is -0.489. The van der Waals surface area contributed by atoms with Gasteiger partial charge in [0.1, 0.15) is 10.6 Å². The number of sulfone groups is 1. The number of halogens is 3. The Morgan fingerprint density at radius 3 is 2.45 bits per heavy atom. The van der Waals surface area contributed by atoms with Gasteiger partial charge in [0.2, 0.25) is 5.91 Å². The van der Waals surface area contributed by atoms with Gasteiger partial charge < -0.3 is 11.1 Å². The van der Waals surface area contributed by atoms with Crippen LogP contribution in [0.3, 0.4) is 0 Å². The Hall–Kier alpha value is -1.62. The molecule has 0 fully saturated rings. The van der Waals surface area contributed by atoms with Crippen LogP contribution >= 0.6 is 0 Å². The molecule has 1 aromatic rings. The van der Waals surface area contributed by atoms with Gasteiger partial charge in [0.25, 0.3) is 0 Å². The fourth-order valence-corrected chi connectivity index (χ4v) is 3.89. The monoisotopic (exact) mass is 328 g/mol. The van der Waals surface area contributed by atoms with E-state index in [9.17, 15) is 30.6 Å². The average molecular weight is 328 g/mol. The first kappa shape index (κ1) is 14.8. The summed E-state index contributed by atoms with van der Waals surface area (Å²) in [6.07, 6.45) is 0. The molecule has 11 heteroatoms. The van der Waals surface area contributed by atoms with E-state index in [4.69, 9.17) is 5.73 Å². The number of benzene rings is 1. The molecule has 1 unspecified atom stereocenters. The van der Waals surface area contributed by atoms with Crippen LogP contribution in [0.15, 0.2) is 21.9 Å². The fraction of sp³-hybridized carbons (Fsp3) is 0.222. The molecule has 20 heavy (non-hydrogen) atoms. The number of amides is 1.